The van der Waals surface area contributed by atoms with Gasteiger partial charge in [0.15, 0.2) is 0 Å². The van der Waals surface area contributed by atoms with Gasteiger partial charge in [-0.1, -0.05) is 41.9 Å². The quantitative estimate of drug-likeness (QED) is 0.814. The molecule has 1 unspecified atom stereocenters. The van der Waals surface area contributed by atoms with E-state index in [1.54, 1.807) is 0 Å². The molecule has 1 N–H and O–H groups in total. The fraction of sp³-hybridized carbons (Fsp3) is 0.471. The van der Waals surface area contributed by atoms with Crippen molar-refractivity contribution in [2.75, 3.05) is 6.54 Å². The van der Waals surface area contributed by atoms with Gasteiger partial charge in [-0.15, -0.1) is 0 Å². The molecule has 1 atom stereocenters. The summed E-state index contributed by atoms with van der Waals surface area (Å²) in [5.74, 6) is 0. The van der Waals surface area contributed by atoms with E-state index in [2.05, 4.69) is 82.1 Å². The maximum atomic E-state index is 4.68. The van der Waals surface area contributed by atoms with Gasteiger partial charge in [-0.3, -0.25) is 4.68 Å². The molecular formula is C17H24BrN3. The third-order valence-corrected chi connectivity index (χ3v) is 4.15. The predicted octanol–water partition coefficient (Wildman–Crippen LogP) is 4.12. The normalized spacial score (nSPS) is 12.6. The molecule has 0 radical (unpaired) electrons. The van der Waals surface area contributed by atoms with Gasteiger partial charge in [-0.2, -0.15) is 5.10 Å². The zero-order valence-electron chi connectivity index (χ0n) is 13.1. The number of aryl methyl sites for hydroxylation is 2. The van der Waals surface area contributed by atoms with Gasteiger partial charge in [0, 0.05) is 11.0 Å². The second-order valence-electron chi connectivity index (χ2n) is 5.17. The molecule has 0 spiro atoms. The van der Waals surface area contributed by atoms with Gasteiger partial charge >= 0.3 is 0 Å². The largest absolute Gasteiger partial charge is 0.309 e. The topological polar surface area (TPSA) is 29.9 Å². The molecule has 0 amide bonds. The predicted molar refractivity (Wildman–Crippen MR) is 91.5 cm³/mol. The minimum absolute atomic E-state index is 0.303. The molecule has 0 aliphatic heterocycles. The number of likely N-dealkylation sites (N-methyl/N-ethyl adjacent to an activating group) is 1. The van der Waals surface area contributed by atoms with Crippen molar-refractivity contribution in [1.29, 1.82) is 0 Å². The lowest BCUT2D eigenvalue weighted by molar-refractivity contribution is 0.489. The van der Waals surface area contributed by atoms with Gasteiger partial charge in [0.1, 0.15) is 0 Å². The van der Waals surface area contributed by atoms with Crippen molar-refractivity contribution in [1.82, 2.24) is 15.1 Å². The Morgan fingerprint density at radius 3 is 2.67 bits per heavy atom. The van der Waals surface area contributed by atoms with Gasteiger partial charge in [-0.25, -0.2) is 0 Å². The number of nitrogens with zero attached hydrogens (tertiary/aromatic N) is 2. The molecule has 4 heteroatoms. The molecule has 114 valence electrons. The van der Waals surface area contributed by atoms with E-state index in [1.807, 2.05) is 0 Å². The fourth-order valence-electron chi connectivity index (χ4n) is 2.62. The highest BCUT2D eigenvalue weighted by Crippen LogP contribution is 2.22. The average Bonchev–Trinajstić information content (AvgIpc) is 2.90. The molecule has 1 aromatic heterocycles. The van der Waals surface area contributed by atoms with Crippen LogP contribution in [0.15, 0.2) is 34.8 Å². The van der Waals surface area contributed by atoms with E-state index in [0.717, 1.165) is 30.4 Å². The van der Waals surface area contributed by atoms with Crippen LogP contribution in [0, 0.1) is 0 Å². The van der Waals surface area contributed by atoms with Crippen molar-refractivity contribution in [2.24, 2.45) is 0 Å². The number of halogens is 1. The third-order valence-electron chi connectivity index (χ3n) is 3.66. The highest BCUT2D eigenvalue weighted by atomic mass is 79.9. The van der Waals surface area contributed by atoms with Crippen molar-refractivity contribution in [3.63, 3.8) is 0 Å². The Bertz CT molecular complexity index is 577. The molecule has 0 aliphatic rings. The van der Waals surface area contributed by atoms with Crippen LogP contribution in [0.1, 0.15) is 43.8 Å². The molecule has 0 fully saturated rings. The van der Waals surface area contributed by atoms with Gasteiger partial charge < -0.3 is 5.32 Å². The molecule has 1 aromatic carbocycles. The number of benzene rings is 1. The minimum Gasteiger partial charge on any atom is -0.309 e. The van der Waals surface area contributed by atoms with Gasteiger partial charge in [0.2, 0.25) is 0 Å². The number of hydrogen-bond acceptors (Lipinski definition) is 2. The summed E-state index contributed by atoms with van der Waals surface area (Å²) in [7, 11) is 0. The number of aromatic nitrogens is 2. The molecule has 1 heterocycles. The molecule has 0 aliphatic carbocycles. The summed E-state index contributed by atoms with van der Waals surface area (Å²) in [5.41, 5.74) is 3.79. The molecular weight excluding hydrogens is 326 g/mol. The Kier molecular flexibility index (Phi) is 6.00. The summed E-state index contributed by atoms with van der Waals surface area (Å²) in [6, 6.07) is 11.1. The fourth-order valence-corrected chi connectivity index (χ4v) is 3.07. The van der Waals surface area contributed by atoms with E-state index in [0.29, 0.717) is 6.04 Å². The van der Waals surface area contributed by atoms with E-state index >= 15 is 0 Å². The Morgan fingerprint density at radius 1 is 1.24 bits per heavy atom. The van der Waals surface area contributed by atoms with E-state index in [1.165, 1.54) is 17.0 Å². The van der Waals surface area contributed by atoms with Crippen molar-refractivity contribution < 1.29 is 0 Å². The first-order valence-electron chi connectivity index (χ1n) is 7.72. The Labute approximate surface area is 135 Å². The smallest absolute Gasteiger partial charge is 0.0625 e. The van der Waals surface area contributed by atoms with E-state index in [-0.39, 0.29) is 0 Å². The number of hydrogen-bond donors (Lipinski definition) is 1. The standard InChI is InChI=1S/C17H24BrN3/c1-4-15-12-17(21(6-3)20-15)16(19-5-2)11-13-8-7-9-14(18)10-13/h7-10,12,16,19H,4-6,11H2,1-3H3. The maximum absolute atomic E-state index is 4.68. The first-order valence-corrected chi connectivity index (χ1v) is 8.51. The number of nitrogens with one attached hydrogen (secondary N) is 1. The monoisotopic (exact) mass is 349 g/mol. The highest BCUT2D eigenvalue weighted by molar-refractivity contribution is 9.10. The molecule has 2 rings (SSSR count). The summed E-state index contributed by atoms with van der Waals surface area (Å²) in [6.45, 7) is 8.33. The maximum Gasteiger partial charge on any atom is 0.0625 e. The molecule has 2 aromatic rings. The summed E-state index contributed by atoms with van der Waals surface area (Å²) in [4.78, 5) is 0. The third kappa shape index (κ3) is 4.17. The van der Waals surface area contributed by atoms with Crippen LogP contribution in [0.2, 0.25) is 0 Å². The summed E-state index contributed by atoms with van der Waals surface area (Å²) < 4.78 is 3.26. The second-order valence-corrected chi connectivity index (χ2v) is 6.09. The zero-order valence-corrected chi connectivity index (χ0v) is 14.7. The SMILES string of the molecule is CCNC(Cc1cccc(Br)c1)c1cc(CC)nn1CC. The van der Waals surface area contributed by atoms with Gasteiger partial charge in [-0.05, 0) is 50.1 Å². The van der Waals surface area contributed by atoms with Crippen molar-refractivity contribution in [2.45, 2.75) is 46.2 Å². The lowest BCUT2D eigenvalue weighted by Crippen LogP contribution is -2.25. The van der Waals surface area contributed by atoms with Crippen LogP contribution < -0.4 is 5.32 Å². The van der Waals surface area contributed by atoms with Crippen LogP contribution in [0.4, 0.5) is 0 Å². The average molecular weight is 350 g/mol. The molecule has 3 nitrogen and oxygen atoms in total. The van der Waals surface area contributed by atoms with Gasteiger partial charge in [0.05, 0.1) is 17.4 Å². The second kappa shape index (κ2) is 7.76. The van der Waals surface area contributed by atoms with Crippen LogP contribution in [0.3, 0.4) is 0 Å². The van der Waals surface area contributed by atoms with Crippen molar-refractivity contribution in [3.05, 3.63) is 51.8 Å². The molecule has 0 bridgehead atoms. The Morgan fingerprint density at radius 2 is 2.05 bits per heavy atom. The van der Waals surface area contributed by atoms with E-state index in [4.69, 9.17) is 0 Å². The van der Waals surface area contributed by atoms with Crippen molar-refractivity contribution >= 4 is 15.9 Å². The Hall–Kier alpha value is -1.13. The van der Waals surface area contributed by atoms with Crippen LogP contribution in [-0.2, 0) is 19.4 Å². The van der Waals surface area contributed by atoms with Gasteiger partial charge in [0.25, 0.3) is 0 Å². The van der Waals surface area contributed by atoms with Crippen LogP contribution in [0.25, 0.3) is 0 Å². The van der Waals surface area contributed by atoms with Crippen LogP contribution in [0.5, 0.6) is 0 Å². The van der Waals surface area contributed by atoms with E-state index in [9.17, 15) is 0 Å². The lowest BCUT2D eigenvalue weighted by Gasteiger charge is -2.19. The number of rotatable bonds is 7. The summed E-state index contributed by atoms with van der Waals surface area (Å²) in [5, 5.41) is 8.28. The molecule has 21 heavy (non-hydrogen) atoms. The molecule has 0 saturated carbocycles. The lowest BCUT2D eigenvalue weighted by atomic mass is 10.0. The summed E-state index contributed by atoms with van der Waals surface area (Å²) in [6.07, 6.45) is 1.96. The first-order chi connectivity index (χ1) is 10.2. The van der Waals surface area contributed by atoms with Crippen molar-refractivity contribution in [3.8, 4) is 0 Å². The van der Waals surface area contributed by atoms with Crippen LogP contribution in [-0.4, -0.2) is 16.3 Å². The minimum atomic E-state index is 0.303. The first kappa shape index (κ1) is 16.2. The van der Waals surface area contributed by atoms with E-state index < -0.39 is 0 Å². The molecule has 0 saturated heterocycles. The summed E-state index contributed by atoms with van der Waals surface area (Å²) >= 11 is 3.55. The highest BCUT2D eigenvalue weighted by Gasteiger charge is 2.17. The van der Waals surface area contributed by atoms with Crippen LogP contribution >= 0.6 is 15.9 Å². The Balaban J connectivity index is 2.28. The zero-order chi connectivity index (χ0) is 15.2.